The molecule has 24 heavy (non-hydrogen) atoms. The van der Waals surface area contributed by atoms with Gasteiger partial charge in [-0.05, 0) is 64.0 Å². The minimum Gasteiger partial charge on any atom is -0.478 e. The van der Waals surface area contributed by atoms with Gasteiger partial charge >= 0.3 is 13.1 Å². The van der Waals surface area contributed by atoms with Gasteiger partial charge in [0.2, 0.25) is 0 Å². The van der Waals surface area contributed by atoms with E-state index in [1.54, 1.807) is 18.2 Å². The van der Waals surface area contributed by atoms with Gasteiger partial charge in [-0.1, -0.05) is 22.0 Å². The van der Waals surface area contributed by atoms with Gasteiger partial charge in [0.15, 0.2) is 0 Å². The number of nitrogens with one attached hydrogen (secondary N) is 1. The topological polar surface area (TPSA) is 67.8 Å². The molecule has 1 aliphatic rings. The third-order valence-corrected chi connectivity index (χ3v) is 5.02. The van der Waals surface area contributed by atoms with Crippen LogP contribution in [0.25, 0.3) is 6.08 Å². The van der Waals surface area contributed by atoms with Crippen LogP contribution in [-0.4, -0.2) is 43.0 Å². The summed E-state index contributed by atoms with van der Waals surface area (Å²) < 4.78 is 13.0. The van der Waals surface area contributed by atoms with Gasteiger partial charge in [-0.25, -0.2) is 4.79 Å². The molecule has 0 spiro atoms. The summed E-state index contributed by atoms with van der Waals surface area (Å²) in [5.74, 6) is -0.966. The molecule has 0 atom stereocenters. The van der Waals surface area contributed by atoms with Crippen LogP contribution in [-0.2, 0) is 9.31 Å². The predicted octanol–water partition coefficient (Wildman–Crippen LogP) is 3.38. The van der Waals surface area contributed by atoms with Gasteiger partial charge < -0.3 is 19.7 Å². The Morgan fingerprint density at radius 1 is 1.29 bits per heavy atom. The maximum atomic E-state index is 11.5. The molecule has 0 saturated carbocycles. The fourth-order valence-corrected chi connectivity index (χ4v) is 2.83. The fraction of sp³-hybridized carbons (Fsp3) is 0.471. The molecule has 5 nitrogen and oxygen atoms in total. The van der Waals surface area contributed by atoms with Crippen molar-refractivity contribution in [3.63, 3.8) is 0 Å². The molecule has 0 radical (unpaired) electrons. The maximum Gasteiger partial charge on any atom is 0.491 e. The van der Waals surface area contributed by atoms with Gasteiger partial charge in [-0.15, -0.1) is 0 Å². The van der Waals surface area contributed by atoms with Crippen LogP contribution in [0.4, 0.5) is 0 Å². The molecule has 0 bridgehead atoms. The minimum atomic E-state index is -0.966. The number of benzene rings is 1. The van der Waals surface area contributed by atoms with Crippen molar-refractivity contribution in [2.45, 2.75) is 38.9 Å². The molecule has 1 fully saturated rings. The van der Waals surface area contributed by atoms with Crippen LogP contribution in [0.3, 0.4) is 0 Å². The maximum absolute atomic E-state index is 11.5. The number of hydrogen-bond acceptors (Lipinski definition) is 4. The van der Waals surface area contributed by atoms with E-state index in [0.717, 1.165) is 9.95 Å². The standard InChI is InChI=1S/C17H23BBrNO4/c1-16(2)17(3,4)24-18(23-16)12(10-20-5)8-11-9-13(19)6-7-14(11)15(21)22/h6-9,20H,10H2,1-5H3,(H,21,22). The molecule has 1 aromatic carbocycles. The minimum absolute atomic E-state index is 0.239. The van der Waals surface area contributed by atoms with Gasteiger partial charge in [0, 0.05) is 11.0 Å². The van der Waals surface area contributed by atoms with Crippen LogP contribution in [0.15, 0.2) is 28.1 Å². The van der Waals surface area contributed by atoms with Crippen molar-refractivity contribution < 1.29 is 19.2 Å². The Labute approximate surface area is 151 Å². The predicted molar refractivity (Wildman–Crippen MR) is 99.1 cm³/mol. The zero-order valence-electron chi connectivity index (χ0n) is 14.6. The van der Waals surface area contributed by atoms with Crippen LogP contribution in [0.2, 0.25) is 0 Å². The monoisotopic (exact) mass is 395 g/mol. The molecule has 1 heterocycles. The number of carbonyl (C=O) groups is 1. The molecule has 0 amide bonds. The van der Waals surface area contributed by atoms with E-state index >= 15 is 0 Å². The molecule has 2 N–H and O–H groups in total. The summed E-state index contributed by atoms with van der Waals surface area (Å²) in [7, 11) is 1.31. The quantitative estimate of drug-likeness (QED) is 0.748. The average Bonchev–Trinajstić information content (AvgIpc) is 2.66. The molecule has 0 unspecified atom stereocenters. The molecule has 130 valence electrons. The van der Waals surface area contributed by atoms with Crippen molar-refractivity contribution in [1.29, 1.82) is 0 Å². The summed E-state index contributed by atoms with van der Waals surface area (Å²) in [6.07, 6.45) is 1.83. The molecule has 0 aromatic heterocycles. The van der Waals surface area contributed by atoms with E-state index in [4.69, 9.17) is 9.31 Å². The Morgan fingerprint density at radius 3 is 2.38 bits per heavy atom. The third-order valence-electron chi connectivity index (χ3n) is 4.52. The molecule has 1 aliphatic heterocycles. The molecule has 1 saturated heterocycles. The first-order chi connectivity index (χ1) is 11.1. The highest BCUT2D eigenvalue weighted by atomic mass is 79.9. The number of rotatable bonds is 5. The first-order valence-electron chi connectivity index (χ1n) is 7.81. The summed E-state index contributed by atoms with van der Waals surface area (Å²) in [5.41, 5.74) is 0.798. The van der Waals surface area contributed by atoms with E-state index < -0.39 is 24.3 Å². The van der Waals surface area contributed by atoms with Gasteiger partial charge in [0.1, 0.15) is 0 Å². The molecule has 0 aliphatic carbocycles. The first kappa shape index (κ1) is 19.2. The summed E-state index contributed by atoms with van der Waals surface area (Å²) in [6.45, 7) is 8.50. The Morgan fingerprint density at radius 2 is 1.88 bits per heavy atom. The number of carboxylic acid groups (broad SMARTS) is 1. The highest BCUT2D eigenvalue weighted by molar-refractivity contribution is 9.10. The second kappa shape index (κ2) is 7.00. The van der Waals surface area contributed by atoms with Crippen LogP contribution < -0.4 is 5.32 Å². The molecule has 7 heteroatoms. The van der Waals surface area contributed by atoms with Crippen molar-refractivity contribution in [1.82, 2.24) is 5.32 Å². The van der Waals surface area contributed by atoms with Crippen LogP contribution >= 0.6 is 15.9 Å². The summed E-state index contributed by atoms with van der Waals surface area (Å²) in [6, 6.07) is 5.08. The summed E-state index contributed by atoms with van der Waals surface area (Å²) >= 11 is 3.39. The van der Waals surface area contributed by atoms with Crippen LogP contribution in [0.5, 0.6) is 0 Å². The van der Waals surface area contributed by atoms with Crippen molar-refractivity contribution >= 4 is 35.1 Å². The molecular weight excluding hydrogens is 373 g/mol. The van der Waals surface area contributed by atoms with Gasteiger partial charge in [0.05, 0.1) is 16.8 Å². The van der Waals surface area contributed by atoms with E-state index in [9.17, 15) is 9.90 Å². The second-order valence-corrected chi connectivity index (χ2v) is 7.79. The summed E-state index contributed by atoms with van der Waals surface area (Å²) in [4.78, 5) is 11.5. The normalized spacial score (nSPS) is 19.6. The van der Waals surface area contributed by atoms with E-state index in [2.05, 4.69) is 21.2 Å². The second-order valence-electron chi connectivity index (χ2n) is 6.87. The number of hydrogen-bond donors (Lipinski definition) is 2. The van der Waals surface area contributed by atoms with E-state index in [1.807, 2.05) is 40.8 Å². The lowest BCUT2D eigenvalue weighted by atomic mass is 9.76. The van der Waals surface area contributed by atoms with Gasteiger partial charge in [0.25, 0.3) is 0 Å². The molecule has 1 aromatic rings. The molecular formula is C17H23BBrNO4. The van der Waals surface area contributed by atoms with Crippen LogP contribution in [0.1, 0.15) is 43.6 Å². The smallest absolute Gasteiger partial charge is 0.478 e. The average molecular weight is 396 g/mol. The number of carboxylic acids is 1. The van der Waals surface area contributed by atoms with E-state index in [0.29, 0.717) is 12.1 Å². The van der Waals surface area contributed by atoms with E-state index in [1.165, 1.54) is 0 Å². The Hall–Kier alpha value is -1.15. The number of aromatic carboxylic acids is 1. The van der Waals surface area contributed by atoms with Crippen molar-refractivity contribution in [3.8, 4) is 0 Å². The Kier molecular flexibility index (Phi) is 5.59. The van der Waals surface area contributed by atoms with Crippen LogP contribution in [0, 0.1) is 0 Å². The zero-order valence-corrected chi connectivity index (χ0v) is 16.2. The van der Waals surface area contributed by atoms with Crippen molar-refractivity contribution in [2.75, 3.05) is 13.6 Å². The molecule has 2 rings (SSSR count). The lowest BCUT2D eigenvalue weighted by Gasteiger charge is -2.32. The number of likely N-dealkylation sites (N-methyl/N-ethyl adjacent to an activating group) is 1. The lowest BCUT2D eigenvalue weighted by molar-refractivity contribution is 0.00578. The largest absolute Gasteiger partial charge is 0.491 e. The lowest BCUT2D eigenvalue weighted by Crippen LogP contribution is -2.41. The zero-order chi connectivity index (χ0) is 18.1. The highest BCUT2D eigenvalue weighted by Crippen LogP contribution is 2.38. The third kappa shape index (κ3) is 3.91. The van der Waals surface area contributed by atoms with E-state index in [-0.39, 0.29) is 5.56 Å². The Balaban J connectivity index is 2.44. The summed E-state index contributed by atoms with van der Waals surface area (Å²) in [5, 5.41) is 12.5. The van der Waals surface area contributed by atoms with Crippen molar-refractivity contribution in [3.05, 3.63) is 39.3 Å². The SMILES string of the molecule is CNCC(=Cc1cc(Br)ccc1C(=O)O)B1OC(C)(C)C(C)(C)O1. The van der Waals surface area contributed by atoms with Gasteiger partial charge in [-0.2, -0.15) is 0 Å². The van der Waals surface area contributed by atoms with Gasteiger partial charge in [-0.3, -0.25) is 0 Å². The highest BCUT2D eigenvalue weighted by Gasteiger charge is 2.52. The van der Waals surface area contributed by atoms with Crippen molar-refractivity contribution in [2.24, 2.45) is 0 Å². The first-order valence-corrected chi connectivity index (χ1v) is 8.60. The number of halogens is 1. The Bertz CT molecular complexity index is 657. The fourth-order valence-electron chi connectivity index (χ4n) is 2.45.